The number of halogens is 3. The van der Waals surface area contributed by atoms with Crippen LogP contribution in [0.3, 0.4) is 0 Å². The summed E-state index contributed by atoms with van der Waals surface area (Å²) in [5.41, 5.74) is 2.87. The van der Waals surface area contributed by atoms with Gasteiger partial charge in [-0.3, -0.25) is 4.79 Å². The third-order valence-electron chi connectivity index (χ3n) is 8.97. The van der Waals surface area contributed by atoms with E-state index in [1.165, 1.54) is 30.3 Å². The van der Waals surface area contributed by atoms with Crippen LogP contribution in [0.2, 0.25) is 0 Å². The van der Waals surface area contributed by atoms with Crippen LogP contribution < -0.4 is 10.2 Å². The fourth-order valence-electron chi connectivity index (χ4n) is 6.49. The molecule has 1 saturated carbocycles. The van der Waals surface area contributed by atoms with E-state index in [0.29, 0.717) is 17.5 Å². The van der Waals surface area contributed by atoms with E-state index >= 15 is 0 Å². The number of carbonyl (C=O) groups is 1. The van der Waals surface area contributed by atoms with Gasteiger partial charge in [0.2, 0.25) is 5.91 Å². The van der Waals surface area contributed by atoms with E-state index in [1.807, 2.05) is 4.90 Å². The number of carbonyl (C=O) groups excluding carboxylic acids is 1. The maximum atomic E-state index is 13.2. The molecule has 1 N–H and O–H groups in total. The summed E-state index contributed by atoms with van der Waals surface area (Å²) in [6.45, 7) is 11.8. The van der Waals surface area contributed by atoms with Gasteiger partial charge in [0.05, 0.1) is 11.7 Å². The van der Waals surface area contributed by atoms with Crippen molar-refractivity contribution in [2.24, 2.45) is 11.8 Å². The topological polar surface area (TPSA) is 44.8 Å². The van der Waals surface area contributed by atoms with Gasteiger partial charge in [-0.25, -0.2) is 0 Å². The van der Waals surface area contributed by atoms with E-state index in [-0.39, 0.29) is 35.6 Å². The quantitative estimate of drug-likeness (QED) is 0.432. The molecule has 3 fully saturated rings. The van der Waals surface area contributed by atoms with E-state index in [1.54, 1.807) is 6.07 Å². The average Bonchev–Trinajstić information content (AvgIpc) is 3.48. The van der Waals surface area contributed by atoms with Crippen molar-refractivity contribution in [3.05, 3.63) is 59.2 Å². The van der Waals surface area contributed by atoms with Crippen molar-refractivity contribution in [2.75, 3.05) is 43.0 Å². The van der Waals surface area contributed by atoms with Crippen molar-refractivity contribution in [3.63, 3.8) is 0 Å². The third kappa shape index (κ3) is 6.59. The SMILES string of the molecule is Cc1ccc(NC2CCC(OCC(=O)N3CC4CN(c5ccc(C(C)(C)C)cc5)CC4C3)CC2)cc1C(F)(F)F. The van der Waals surface area contributed by atoms with Gasteiger partial charge < -0.3 is 19.9 Å². The number of fused-ring (bicyclic) bond motifs is 1. The summed E-state index contributed by atoms with van der Waals surface area (Å²) in [6, 6.07) is 13.4. The maximum Gasteiger partial charge on any atom is 0.416 e. The van der Waals surface area contributed by atoms with Gasteiger partial charge in [-0.2, -0.15) is 13.2 Å². The number of hydrogen-bond acceptors (Lipinski definition) is 4. The lowest BCUT2D eigenvalue weighted by molar-refractivity contribution is -0.138. The summed E-state index contributed by atoms with van der Waals surface area (Å²) in [5, 5.41) is 3.26. The number of rotatable bonds is 6. The molecule has 2 aromatic rings. The number of anilines is 2. The third-order valence-corrected chi connectivity index (χ3v) is 8.97. The predicted molar refractivity (Wildman–Crippen MR) is 153 cm³/mol. The van der Waals surface area contributed by atoms with Crippen LogP contribution >= 0.6 is 0 Å². The Morgan fingerprint density at radius 1 is 0.925 bits per heavy atom. The van der Waals surface area contributed by atoms with Crippen LogP contribution in [0.4, 0.5) is 24.5 Å². The molecule has 0 radical (unpaired) electrons. The van der Waals surface area contributed by atoms with Gasteiger partial charge in [0.1, 0.15) is 6.61 Å². The average molecular weight is 558 g/mol. The predicted octanol–water partition coefficient (Wildman–Crippen LogP) is 6.65. The van der Waals surface area contributed by atoms with Gasteiger partial charge in [-0.1, -0.05) is 39.0 Å². The Bertz CT molecular complexity index is 1170. The van der Waals surface area contributed by atoms with Crippen LogP contribution in [0.15, 0.2) is 42.5 Å². The second-order valence-corrected chi connectivity index (χ2v) is 13.0. The van der Waals surface area contributed by atoms with Crippen molar-refractivity contribution in [3.8, 4) is 0 Å². The lowest BCUT2D eigenvalue weighted by atomic mass is 9.87. The smallest absolute Gasteiger partial charge is 0.382 e. The summed E-state index contributed by atoms with van der Waals surface area (Å²) < 4.78 is 45.7. The number of benzene rings is 2. The van der Waals surface area contributed by atoms with Crippen LogP contribution in [0.25, 0.3) is 0 Å². The molecule has 218 valence electrons. The summed E-state index contributed by atoms with van der Waals surface area (Å²) in [4.78, 5) is 17.4. The van der Waals surface area contributed by atoms with Gasteiger partial charge >= 0.3 is 6.18 Å². The molecule has 2 aliphatic heterocycles. The van der Waals surface area contributed by atoms with Crippen molar-refractivity contribution in [2.45, 2.75) is 77.1 Å². The number of aryl methyl sites for hydroxylation is 1. The molecule has 1 aliphatic carbocycles. The Morgan fingerprint density at radius 2 is 1.55 bits per heavy atom. The maximum absolute atomic E-state index is 13.2. The van der Waals surface area contributed by atoms with Crippen molar-refractivity contribution < 1.29 is 22.7 Å². The monoisotopic (exact) mass is 557 g/mol. The largest absolute Gasteiger partial charge is 0.416 e. The van der Waals surface area contributed by atoms with Gasteiger partial charge in [0, 0.05) is 55.4 Å². The number of ether oxygens (including phenoxy) is 1. The minimum Gasteiger partial charge on any atom is -0.382 e. The molecule has 5 rings (SSSR count). The lowest BCUT2D eigenvalue weighted by Gasteiger charge is -2.30. The molecule has 1 amide bonds. The zero-order valence-corrected chi connectivity index (χ0v) is 24.1. The molecule has 3 aliphatic rings. The van der Waals surface area contributed by atoms with Crippen molar-refractivity contribution >= 4 is 17.3 Å². The summed E-state index contributed by atoms with van der Waals surface area (Å²) >= 11 is 0. The molecule has 40 heavy (non-hydrogen) atoms. The summed E-state index contributed by atoms with van der Waals surface area (Å²) in [6.07, 6.45) is -1.16. The lowest BCUT2D eigenvalue weighted by Crippen LogP contribution is -2.37. The van der Waals surface area contributed by atoms with E-state index in [4.69, 9.17) is 4.74 Å². The molecule has 0 spiro atoms. The zero-order valence-electron chi connectivity index (χ0n) is 24.1. The van der Waals surface area contributed by atoms with E-state index in [0.717, 1.165) is 51.9 Å². The van der Waals surface area contributed by atoms with Gasteiger partial charge in [-0.05, 0) is 73.4 Å². The normalized spacial score (nSPS) is 25.3. The molecule has 2 aromatic carbocycles. The second kappa shape index (κ2) is 11.3. The number of nitrogens with zero attached hydrogens (tertiary/aromatic N) is 2. The molecule has 5 nitrogen and oxygen atoms in total. The Hall–Kier alpha value is -2.74. The highest BCUT2D eigenvalue weighted by Crippen LogP contribution is 2.36. The van der Waals surface area contributed by atoms with Gasteiger partial charge in [-0.15, -0.1) is 0 Å². The van der Waals surface area contributed by atoms with Crippen molar-refractivity contribution in [1.82, 2.24) is 4.90 Å². The molecular formula is C32H42F3N3O2. The van der Waals surface area contributed by atoms with Crippen LogP contribution in [-0.2, 0) is 21.1 Å². The van der Waals surface area contributed by atoms with E-state index in [2.05, 4.69) is 55.3 Å². The Labute approximate surface area is 236 Å². The van der Waals surface area contributed by atoms with E-state index in [9.17, 15) is 18.0 Å². The highest BCUT2D eigenvalue weighted by Gasteiger charge is 2.42. The zero-order chi connectivity index (χ0) is 28.7. The minimum atomic E-state index is -4.36. The Kier molecular flexibility index (Phi) is 8.10. The standard InChI is InChI=1S/C32H42F3N3O2/c1-21-5-8-26(15-29(21)32(33,34)35)36-25-9-13-28(14-10-25)40-20-30(39)38-18-22-16-37(17-23(22)19-38)27-11-6-24(7-12-27)31(2,3)4/h5-8,11-12,15,22-23,25,28,36H,9-10,13-14,16-20H2,1-4H3. The first-order chi connectivity index (χ1) is 18.9. The number of nitrogens with one attached hydrogen (secondary N) is 1. The van der Waals surface area contributed by atoms with Crippen LogP contribution in [0.1, 0.15) is 63.1 Å². The number of amides is 1. The molecule has 2 heterocycles. The highest BCUT2D eigenvalue weighted by molar-refractivity contribution is 5.78. The fraction of sp³-hybridized carbons (Fsp3) is 0.594. The molecule has 2 saturated heterocycles. The molecule has 0 aromatic heterocycles. The Morgan fingerprint density at radius 3 is 2.12 bits per heavy atom. The minimum absolute atomic E-state index is 0.0134. The first-order valence-electron chi connectivity index (χ1n) is 14.6. The van der Waals surface area contributed by atoms with Crippen LogP contribution in [-0.4, -0.2) is 55.7 Å². The molecule has 2 unspecified atom stereocenters. The van der Waals surface area contributed by atoms with Gasteiger partial charge in [0.25, 0.3) is 0 Å². The first kappa shape index (κ1) is 28.8. The van der Waals surface area contributed by atoms with E-state index < -0.39 is 11.7 Å². The van der Waals surface area contributed by atoms with Crippen LogP contribution in [0.5, 0.6) is 0 Å². The molecular weight excluding hydrogens is 515 g/mol. The first-order valence-corrected chi connectivity index (χ1v) is 14.6. The number of likely N-dealkylation sites (tertiary alicyclic amines) is 1. The second-order valence-electron chi connectivity index (χ2n) is 13.0. The number of hydrogen-bond donors (Lipinski definition) is 1. The summed E-state index contributed by atoms with van der Waals surface area (Å²) in [5.74, 6) is 1.05. The van der Waals surface area contributed by atoms with Crippen molar-refractivity contribution in [1.29, 1.82) is 0 Å². The van der Waals surface area contributed by atoms with Crippen LogP contribution in [0, 0.1) is 18.8 Å². The Balaban J connectivity index is 1.03. The molecule has 8 heteroatoms. The van der Waals surface area contributed by atoms with Gasteiger partial charge in [0.15, 0.2) is 0 Å². The molecule has 0 bridgehead atoms. The highest BCUT2D eigenvalue weighted by atomic mass is 19.4. The fourth-order valence-corrected chi connectivity index (χ4v) is 6.49. The number of alkyl halides is 3. The molecule has 2 atom stereocenters. The summed E-state index contributed by atoms with van der Waals surface area (Å²) in [7, 11) is 0.